The van der Waals surface area contributed by atoms with E-state index < -0.39 is 0 Å². The molecular weight excluding hydrogens is 679 g/mol. The van der Waals surface area contributed by atoms with Gasteiger partial charge in [-0.2, -0.15) is 0 Å². The summed E-state index contributed by atoms with van der Waals surface area (Å²) in [5.74, 6) is 0. The Morgan fingerprint density at radius 2 is 1.09 bits per heavy atom. The predicted molar refractivity (Wildman–Crippen MR) is 237 cm³/mol. The number of anilines is 3. The number of fused-ring (bicyclic) bond motifs is 7. The Kier molecular flexibility index (Phi) is 7.67. The molecule has 0 fully saturated rings. The topological polar surface area (TPSA) is 16.4 Å². The van der Waals surface area contributed by atoms with Crippen LogP contribution >= 0.6 is 0 Å². The summed E-state index contributed by atoms with van der Waals surface area (Å²) in [5, 5.41) is 7.31. The lowest BCUT2D eigenvalue weighted by atomic mass is 9.86. The molecule has 0 saturated carbocycles. The summed E-state index contributed by atoms with van der Waals surface area (Å²) >= 11 is 0. The van der Waals surface area contributed by atoms with Crippen LogP contribution in [-0.4, -0.2) is 0 Å². The van der Waals surface area contributed by atoms with E-state index in [-0.39, 0.29) is 0 Å². The highest BCUT2D eigenvalue weighted by Crippen LogP contribution is 2.46. The van der Waals surface area contributed by atoms with Crippen molar-refractivity contribution >= 4 is 66.6 Å². The van der Waals surface area contributed by atoms with Crippen LogP contribution in [0.2, 0.25) is 0 Å². The zero-order valence-electron chi connectivity index (χ0n) is 30.8. The van der Waals surface area contributed by atoms with Gasteiger partial charge in [-0.05, 0) is 116 Å². The van der Waals surface area contributed by atoms with Crippen molar-refractivity contribution in [2.45, 2.75) is 12.8 Å². The summed E-state index contributed by atoms with van der Waals surface area (Å²) in [4.78, 5) is 2.41. The second-order valence-electron chi connectivity index (χ2n) is 14.8. The van der Waals surface area contributed by atoms with Crippen LogP contribution in [0.25, 0.3) is 82.9 Å². The van der Waals surface area contributed by atoms with Gasteiger partial charge in [0, 0.05) is 33.8 Å². The Labute approximate surface area is 326 Å². The number of aryl methyl sites for hydroxylation is 1. The van der Waals surface area contributed by atoms with Crippen molar-refractivity contribution in [1.82, 2.24) is 0 Å². The summed E-state index contributed by atoms with van der Waals surface area (Å²) in [6.45, 7) is 0. The summed E-state index contributed by atoms with van der Waals surface area (Å²) in [6.07, 6.45) is 6.73. The molecule has 2 nitrogen and oxygen atoms in total. The molecule has 0 saturated heterocycles. The van der Waals surface area contributed by atoms with Gasteiger partial charge in [0.25, 0.3) is 0 Å². The Balaban J connectivity index is 1.15. The fourth-order valence-corrected chi connectivity index (χ4v) is 8.83. The quantitative estimate of drug-likeness (QED) is 0.170. The molecule has 1 aromatic heterocycles. The van der Waals surface area contributed by atoms with Gasteiger partial charge in [-0.3, -0.25) is 0 Å². The van der Waals surface area contributed by atoms with Crippen LogP contribution in [-0.2, 0) is 6.42 Å². The Hall–Kier alpha value is -7.16. The zero-order chi connectivity index (χ0) is 37.0. The molecule has 0 amide bonds. The molecule has 10 aromatic rings. The highest BCUT2D eigenvalue weighted by molar-refractivity contribution is 6.07. The average molecular weight is 716 g/mol. The monoisotopic (exact) mass is 715 g/mol. The van der Waals surface area contributed by atoms with Crippen LogP contribution in [0.1, 0.15) is 17.5 Å². The summed E-state index contributed by atoms with van der Waals surface area (Å²) < 4.78 is 6.51. The number of furan rings is 1. The van der Waals surface area contributed by atoms with Crippen LogP contribution in [0, 0.1) is 0 Å². The molecule has 0 radical (unpaired) electrons. The van der Waals surface area contributed by atoms with Crippen molar-refractivity contribution in [2.75, 3.05) is 4.90 Å². The smallest absolute Gasteiger partial charge is 0.137 e. The van der Waals surface area contributed by atoms with Crippen molar-refractivity contribution in [1.29, 1.82) is 0 Å². The van der Waals surface area contributed by atoms with E-state index in [9.17, 15) is 0 Å². The molecule has 0 aliphatic heterocycles. The third kappa shape index (κ3) is 5.41. The standard InChI is InChI=1S/C54H37NO/c1-2-13-37(14-3-1)46-31-27-40(51-33-39-16-5-7-19-45(39)47-20-8-9-21-48(47)51)34-52(46)55(42-30-32-50-49-22-10-11-24-53(49)56-54(50)35-42)41-28-25-38(26-29-41)44-23-12-17-36-15-4-6-18-43(36)44/h1-4,6-15,17-35H,5,16H2. The maximum atomic E-state index is 6.51. The molecule has 264 valence electrons. The molecule has 0 N–H and O–H groups in total. The number of benzene rings is 9. The average Bonchev–Trinajstić information content (AvgIpc) is 3.65. The molecule has 0 spiro atoms. The van der Waals surface area contributed by atoms with E-state index in [1.54, 1.807) is 0 Å². The molecule has 1 aliphatic carbocycles. The number of nitrogens with zero attached hydrogens (tertiary/aromatic N) is 1. The summed E-state index contributed by atoms with van der Waals surface area (Å²) in [6, 6.07) is 68.3. The maximum Gasteiger partial charge on any atom is 0.137 e. The van der Waals surface area contributed by atoms with Crippen molar-refractivity contribution < 1.29 is 4.42 Å². The van der Waals surface area contributed by atoms with Crippen LogP contribution < -0.4 is 4.90 Å². The maximum absolute atomic E-state index is 6.51. The van der Waals surface area contributed by atoms with E-state index >= 15 is 0 Å². The van der Waals surface area contributed by atoms with E-state index in [1.807, 2.05) is 6.07 Å². The molecule has 56 heavy (non-hydrogen) atoms. The first kappa shape index (κ1) is 32.3. The van der Waals surface area contributed by atoms with Crippen LogP contribution in [0.15, 0.2) is 199 Å². The third-order valence-electron chi connectivity index (χ3n) is 11.5. The first-order chi connectivity index (χ1) is 27.8. The van der Waals surface area contributed by atoms with Crippen molar-refractivity contribution in [3.63, 3.8) is 0 Å². The van der Waals surface area contributed by atoms with Gasteiger partial charge >= 0.3 is 0 Å². The summed E-state index contributed by atoms with van der Waals surface area (Å²) in [7, 11) is 0. The number of hydrogen-bond donors (Lipinski definition) is 0. The number of para-hydroxylation sites is 1. The van der Waals surface area contributed by atoms with E-state index in [0.717, 1.165) is 63.0 Å². The number of rotatable bonds is 6. The molecule has 9 aromatic carbocycles. The lowest BCUT2D eigenvalue weighted by Crippen LogP contribution is -2.11. The predicted octanol–water partition coefficient (Wildman–Crippen LogP) is 15.3. The fourth-order valence-electron chi connectivity index (χ4n) is 8.83. The zero-order valence-corrected chi connectivity index (χ0v) is 30.8. The minimum absolute atomic E-state index is 0.868. The molecule has 1 heterocycles. The molecule has 1 aliphatic rings. The van der Waals surface area contributed by atoms with Gasteiger partial charge in [0.1, 0.15) is 11.2 Å². The minimum atomic E-state index is 0.868. The van der Waals surface area contributed by atoms with Gasteiger partial charge in [-0.15, -0.1) is 0 Å². The second kappa shape index (κ2) is 13.3. The van der Waals surface area contributed by atoms with E-state index in [2.05, 4.69) is 199 Å². The number of hydrogen-bond acceptors (Lipinski definition) is 2. The molecule has 11 rings (SSSR count). The van der Waals surface area contributed by atoms with E-state index in [4.69, 9.17) is 4.42 Å². The highest BCUT2D eigenvalue weighted by Gasteiger charge is 2.22. The molecule has 2 heteroatoms. The van der Waals surface area contributed by atoms with E-state index in [1.165, 1.54) is 54.9 Å². The van der Waals surface area contributed by atoms with E-state index in [0.29, 0.717) is 0 Å². The van der Waals surface area contributed by atoms with Crippen molar-refractivity contribution in [3.8, 4) is 33.4 Å². The first-order valence-corrected chi connectivity index (χ1v) is 19.5. The Bertz CT molecular complexity index is 3130. The lowest BCUT2D eigenvalue weighted by Gasteiger charge is -2.29. The van der Waals surface area contributed by atoms with Crippen molar-refractivity contribution in [2.24, 2.45) is 0 Å². The van der Waals surface area contributed by atoms with Crippen LogP contribution in [0.5, 0.6) is 0 Å². The lowest BCUT2D eigenvalue weighted by molar-refractivity contribution is 0.669. The fraction of sp³-hybridized carbons (Fsp3) is 0.0370. The van der Waals surface area contributed by atoms with Crippen LogP contribution in [0.4, 0.5) is 17.1 Å². The highest BCUT2D eigenvalue weighted by atomic mass is 16.3. The van der Waals surface area contributed by atoms with Crippen LogP contribution in [0.3, 0.4) is 0 Å². The van der Waals surface area contributed by atoms with Gasteiger partial charge in [0.15, 0.2) is 0 Å². The van der Waals surface area contributed by atoms with Gasteiger partial charge in [-0.25, -0.2) is 0 Å². The Morgan fingerprint density at radius 1 is 0.411 bits per heavy atom. The van der Waals surface area contributed by atoms with Gasteiger partial charge < -0.3 is 9.32 Å². The second-order valence-corrected chi connectivity index (χ2v) is 14.8. The largest absolute Gasteiger partial charge is 0.456 e. The minimum Gasteiger partial charge on any atom is -0.456 e. The third-order valence-corrected chi connectivity index (χ3v) is 11.5. The molecule has 0 atom stereocenters. The molecule has 0 unspecified atom stereocenters. The number of allylic oxidation sites excluding steroid dienone is 1. The van der Waals surface area contributed by atoms with Gasteiger partial charge in [-0.1, -0.05) is 152 Å². The SMILES string of the molecule is C1=Cc2c(cc(-c3ccc(-c4ccccc4)c(N(c4ccc(-c5cccc6ccccc56)cc4)c4ccc5c(c4)oc4ccccc45)c3)c3ccccc23)CC1. The molecular formula is C54H37NO. The molecule has 0 bridgehead atoms. The van der Waals surface area contributed by atoms with Gasteiger partial charge in [0.05, 0.1) is 5.69 Å². The normalized spacial score (nSPS) is 12.4. The van der Waals surface area contributed by atoms with Crippen molar-refractivity contribution in [3.05, 3.63) is 205 Å². The van der Waals surface area contributed by atoms with Gasteiger partial charge in [0.2, 0.25) is 0 Å². The summed E-state index contributed by atoms with van der Waals surface area (Å²) in [5.41, 5.74) is 14.9. The Morgan fingerprint density at radius 3 is 1.96 bits per heavy atom. The first-order valence-electron chi connectivity index (χ1n) is 19.5.